The number of nitrogens with one attached hydrogen (secondary N) is 1. The molecule has 0 aromatic carbocycles. The molecule has 0 amide bonds. The quantitative estimate of drug-likeness (QED) is 0.512. The van der Waals surface area contributed by atoms with Gasteiger partial charge in [0.05, 0.1) is 0 Å². The fourth-order valence-corrected chi connectivity index (χ4v) is 4.51. The van der Waals surface area contributed by atoms with Crippen molar-refractivity contribution in [3.63, 3.8) is 0 Å². The monoisotopic (exact) mass is 399 g/mol. The summed E-state index contributed by atoms with van der Waals surface area (Å²) in [6.45, 7) is 5.07. The number of sulfonamides is 1. The first-order chi connectivity index (χ1) is 12.1. The molecule has 0 aromatic heterocycles. The Hall–Kier alpha value is -1.07. The van der Waals surface area contributed by atoms with Crippen LogP contribution in [0.4, 0.5) is 13.2 Å². The Morgan fingerprint density at radius 3 is 2.46 bits per heavy atom. The van der Waals surface area contributed by atoms with E-state index in [0.29, 0.717) is 35.7 Å². The SMILES string of the molecule is CCN1CCCC1CNC(N)=NCC1CCN(S(=O)(=O)C(F)(F)F)CC1. The van der Waals surface area contributed by atoms with Crippen LogP contribution in [0.25, 0.3) is 0 Å². The van der Waals surface area contributed by atoms with Crippen molar-refractivity contribution in [3.05, 3.63) is 0 Å². The molecule has 7 nitrogen and oxygen atoms in total. The van der Waals surface area contributed by atoms with E-state index in [1.807, 2.05) is 0 Å². The summed E-state index contributed by atoms with van der Waals surface area (Å²) in [6.07, 6.45) is 2.99. The number of likely N-dealkylation sites (N-methyl/N-ethyl adjacent to an activating group) is 1. The normalized spacial score (nSPS) is 24.9. The summed E-state index contributed by atoms with van der Waals surface area (Å²) in [4.78, 5) is 6.66. The number of rotatable bonds is 6. The molecule has 2 heterocycles. The van der Waals surface area contributed by atoms with Crippen LogP contribution >= 0.6 is 0 Å². The summed E-state index contributed by atoms with van der Waals surface area (Å²) in [5, 5.41) is 3.11. The van der Waals surface area contributed by atoms with Crippen LogP contribution in [0, 0.1) is 5.92 Å². The molecular weight excluding hydrogens is 371 g/mol. The van der Waals surface area contributed by atoms with Crippen LogP contribution in [0.3, 0.4) is 0 Å². The first-order valence-corrected chi connectivity index (χ1v) is 10.4. The Morgan fingerprint density at radius 1 is 1.23 bits per heavy atom. The second-order valence-electron chi connectivity index (χ2n) is 6.82. The molecule has 2 rings (SSSR count). The van der Waals surface area contributed by atoms with Crippen LogP contribution in [0.2, 0.25) is 0 Å². The van der Waals surface area contributed by atoms with Gasteiger partial charge in [-0.25, -0.2) is 8.42 Å². The smallest absolute Gasteiger partial charge is 0.370 e. The molecule has 2 fully saturated rings. The van der Waals surface area contributed by atoms with Gasteiger partial charge in [0.1, 0.15) is 0 Å². The molecule has 0 aliphatic carbocycles. The van der Waals surface area contributed by atoms with Crippen molar-refractivity contribution in [1.29, 1.82) is 0 Å². The largest absolute Gasteiger partial charge is 0.511 e. The van der Waals surface area contributed by atoms with Crippen LogP contribution in [0.1, 0.15) is 32.6 Å². The molecule has 0 bridgehead atoms. The van der Waals surface area contributed by atoms with Crippen molar-refractivity contribution in [2.45, 2.75) is 44.2 Å². The molecule has 152 valence electrons. The van der Waals surface area contributed by atoms with Crippen molar-refractivity contribution in [2.75, 3.05) is 39.3 Å². The van der Waals surface area contributed by atoms with Crippen molar-refractivity contribution in [2.24, 2.45) is 16.6 Å². The Kier molecular flexibility index (Phi) is 7.14. The minimum atomic E-state index is -5.24. The lowest BCUT2D eigenvalue weighted by Crippen LogP contribution is -2.45. The second kappa shape index (κ2) is 8.75. The number of halogens is 3. The van der Waals surface area contributed by atoms with Crippen LogP contribution in [0.5, 0.6) is 0 Å². The van der Waals surface area contributed by atoms with E-state index in [1.165, 1.54) is 6.42 Å². The van der Waals surface area contributed by atoms with Gasteiger partial charge in [-0.15, -0.1) is 0 Å². The number of hydrogen-bond donors (Lipinski definition) is 2. The maximum atomic E-state index is 12.6. The summed E-state index contributed by atoms with van der Waals surface area (Å²) in [5.74, 6) is 0.368. The standard InChI is InChI=1S/C15H28F3N5O2S/c1-2-22-7-3-4-13(22)11-21-14(19)20-10-12-5-8-23(9-6-12)26(24,25)15(16,17)18/h12-13H,2-11H2,1H3,(H3,19,20,21). The Labute approximate surface area is 152 Å². The third kappa shape index (κ3) is 5.23. The lowest BCUT2D eigenvalue weighted by atomic mass is 9.98. The minimum Gasteiger partial charge on any atom is -0.370 e. The zero-order chi connectivity index (χ0) is 19.4. The van der Waals surface area contributed by atoms with E-state index in [0.717, 1.165) is 26.1 Å². The van der Waals surface area contributed by atoms with Crippen LogP contribution in [-0.4, -0.2) is 74.4 Å². The first kappa shape index (κ1) is 21.2. The number of guanidine groups is 1. The van der Waals surface area contributed by atoms with Gasteiger partial charge in [-0.3, -0.25) is 9.89 Å². The molecule has 1 unspecified atom stereocenters. The number of nitrogens with zero attached hydrogens (tertiary/aromatic N) is 3. The fraction of sp³-hybridized carbons (Fsp3) is 0.933. The highest BCUT2D eigenvalue weighted by atomic mass is 32.2. The lowest BCUT2D eigenvalue weighted by molar-refractivity contribution is -0.0496. The number of aliphatic imine (C=N–C) groups is 1. The molecule has 0 radical (unpaired) electrons. The van der Waals surface area contributed by atoms with Gasteiger partial charge >= 0.3 is 15.5 Å². The fourth-order valence-electron chi connectivity index (χ4n) is 3.53. The summed E-state index contributed by atoms with van der Waals surface area (Å²) in [7, 11) is -5.22. The molecule has 2 aliphatic rings. The van der Waals surface area contributed by atoms with Gasteiger partial charge in [0, 0.05) is 32.2 Å². The average Bonchev–Trinajstić information content (AvgIpc) is 3.05. The Bertz CT molecular complexity index is 589. The summed E-state index contributed by atoms with van der Waals surface area (Å²) < 4.78 is 60.9. The summed E-state index contributed by atoms with van der Waals surface area (Å²) in [6, 6.07) is 0.449. The molecular formula is C15H28F3N5O2S. The van der Waals surface area contributed by atoms with E-state index in [9.17, 15) is 21.6 Å². The highest BCUT2D eigenvalue weighted by Crippen LogP contribution is 2.30. The van der Waals surface area contributed by atoms with Crippen LogP contribution < -0.4 is 11.1 Å². The maximum absolute atomic E-state index is 12.6. The lowest BCUT2D eigenvalue weighted by Gasteiger charge is -2.30. The predicted molar refractivity (Wildman–Crippen MR) is 94.0 cm³/mol. The van der Waals surface area contributed by atoms with Gasteiger partial charge in [0.25, 0.3) is 0 Å². The zero-order valence-electron chi connectivity index (χ0n) is 15.0. The molecule has 3 N–H and O–H groups in total. The van der Waals surface area contributed by atoms with E-state index in [1.54, 1.807) is 0 Å². The molecule has 1 atom stereocenters. The molecule has 0 saturated carbocycles. The van der Waals surface area contributed by atoms with Crippen molar-refractivity contribution in [3.8, 4) is 0 Å². The van der Waals surface area contributed by atoms with Crippen molar-refractivity contribution in [1.82, 2.24) is 14.5 Å². The Morgan fingerprint density at radius 2 is 1.88 bits per heavy atom. The maximum Gasteiger partial charge on any atom is 0.511 e. The predicted octanol–water partition coefficient (Wildman–Crippen LogP) is 0.937. The molecule has 11 heteroatoms. The topological polar surface area (TPSA) is 91.0 Å². The summed E-state index contributed by atoms with van der Waals surface area (Å²) >= 11 is 0. The Balaban J connectivity index is 1.74. The first-order valence-electron chi connectivity index (χ1n) is 8.99. The second-order valence-corrected chi connectivity index (χ2v) is 8.75. The highest BCUT2D eigenvalue weighted by molar-refractivity contribution is 7.90. The number of piperidine rings is 1. The third-order valence-corrected chi connectivity index (χ3v) is 6.78. The average molecular weight is 399 g/mol. The molecule has 2 aliphatic heterocycles. The van der Waals surface area contributed by atoms with Gasteiger partial charge in [-0.05, 0) is 44.7 Å². The van der Waals surface area contributed by atoms with Gasteiger partial charge in [0.2, 0.25) is 0 Å². The van der Waals surface area contributed by atoms with Crippen LogP contribution in [-0.2, 0) is 10.0 Å². The van der Waals surface area contributed by atoms with Crippen molar-refractivity contribution < 1.29 is 21.6 Å². The zero-order valence-corrected chi connectivity index (χ0v) is 15.8. The van der Waals surface area contributed by atoms with E-state index in [4.69, 9.17) is 5.73 Å². The summed E-state index contributed by atoms with van der Waals surface area (Å²) in [5.41, 5.74) is 0.638. The minimum absolute atomic E-state index is 0.0358. The molecule has 0 aromatic rings. The molecule has 26 heavy (non-hydrogen) atoms. The number of nitrogens with two attached hydrogens (primary N) is 1. The van der Waals surface area contributed by atoms with Crippen LogP contribution in [0.15, 0.2) is 4.99 Å². The van der Waals surface area contributed by atoms with Gasteiger partial charge in [0.15, 0.2) is 5.96 Å². The van der Waals surface area contributed by atoms with Gasteiger partial charge < -0.3 is 11.1 Å². The van der Waals surface area contributed by atoms with E-state index in [-0.39, 0.29) is 19.0 Å². The van der Waals surface area contributed by atoms with E-state index in [2.05, 4.69) is 22.1 Å². The third-order valence-electron chi connectivity index (χ3n) is 5.15. The van der Waals surface area contributed by atoms with E-state index >= 15 is 0 Å². The molecule has 2 saturated heterocycles. The number of alkyl halides is 3. The number of hydrogen-bond acceptors (Lipinski definition) is 4. The van der Waals surface area contributed by atoms with E-state index < -0.39 is 15.5 Å². The number of likely N-dealkylation sites (tertiary alicyclic amines) is 1. The molecule has 0 spiro atoms. The van der Waals surface area contributed by atoms with Gasteiger partial charge in [-0.2, -0.15) is 17.5 Å². The highest BCUT2D eigenvalue weighted by Gasteiger charge is 2.50. The van der Waals surface area contributed by atoms with Gasteiger partial charge in [-0.1, -0.05) is 6.92 Å². The van der Waals surface area contributed by atoms with Crippen molar-refractivity contribution >= 4 is 16.0 Å².